The van der Waals surface area contributed by atoms with E-state index < -0.39 is 56.0 Å². The first-order valence-electron chi connectivity index (χ1n) is 7.48. The Labute approximate surface area is 143 Å². The zero-order chi connectivity index (χ0) is 18.9. The van der Waals surface area contributed by atoms with Crippen LogP contribution in [0.15, 0.2) is 17.0 Å². The fourth-order valence-corrected chi connectivity index (χ4v) is 4.57. The smallest absolute Gasteiger partial charge is 0.343 e. The van der Waals surface area contributed by atoms with Crippen molar-refractivity contribution in [2.75, 3.05) is 13.7 Å². The molecule has 2 N–H and O–H groups in total. The number of nitrogens with two attached hydrogens (primary N) is 1. The molecule has 1 amide bonds. The van der Waals surface area contributed by atoms with E-state index in [0.717, 1.165) is 17.5 Å². The minimum Gasteiger partial charge on any atom is -0.465 e. The van der Waals surface area contributed by atoms with Crippen molar-refractivity contribution in [3.8, 4) is 0 Å². The Balaban J connectivity index is 2.52. The van der Waals surface area contributed by atoms with E-state index in [2.05, 4.69) is 4.74 Å². The van der Waals surface area contributed by atoms with Crippen LogP contribution < -0.4 is 5.73 Å². The first kappa shape index (κ1) is 19.3. The molecule has 2 unspecified atom stereocenters. The maximum absolute atomic E-state index is 14.6. The number of halogens is 2. The van der Waals surface area contributed by atoms with E-state index in [9.17, 15) is 26.8 Å². The van der Waals surface area contributed by atoms with Gasteiger partial charge >= 0.3 is 5.97 Å². The highest BCUT2D eigenvalue weighted by molar-refractivity contribution is 7.89. The van der Waals surface area contributed by atoms with Crippen LogP contribution in [0.3, 0.4) is 0 Å². The Morgan fingerprint density at radius 2 is 1.92 bits per heavy atom. The first-order valence-corrected chi connectivity index (χ1v) is 8.92. The Bertz CT molecular complexity index is 812. The lowest BCUT2D eigenvalue weighted by molar-refractivity contribution is -0.123. The van der Waals surface area contributed by atoms with Gasteiger partial charge in [0.2, 0.25) is 15.9 Å². The van der Waals surface area contributed by atoms with Gasteiger partial charge in [0, 0.05) is 12.6 Å². The predicted molar refractivity (Wildman–Crippen MR) is 83.0 cm³/mol. The minimum absolute atomic E-state index is 0.205. The molecule has 1 heterocycles. The van der Waals surface area contributed by atoms with Crippen LogP contribution in [0.5, 0.6) is 0 Å². The van der Waals surface area contributed by atoms with Gasteiger partial charge in [-0.15, -0.1) is 0 Å². The molecule has 1 fully saturated rings. The molecule has 0 spiro atoms. The number of nitrogens with zero attached hydrogens (tertiary/aromatic N) is 1. The molecule has 2 atom stereocenters. The molecule has 0 aliphatic carbocycles. The van der Waals surface area contributed by atoms with Crippen molar-refractivity contribution in [2.45, 2.75) is 30.7 Å². The molecule has 2 rings (SSSR count). The fraction of sp³-hybridized carbons (Fsp3) is 0.467. The monoisotopic (exact) mass is 376 g/mol. The van der Waals surface area contributed by atoms with Gasteiger partial charge in [0.25, 0.3) is 0 Å². The fourth-order valence-electron chi connectivity index (χ4n) is 2.79. The normalized spacial score (nSPS) is 21.8. The standard InChI is InChI=1S/C15H18F2N2O5S/c1-8-3-4-9(14(18)20)7-19(8)25(22,23)11-6-5-10(16)12(13(11)17)15(21)24-2/h5-6,8-9H,3-4,7H2,1-2H3,(H2,18,20). The van der Waals surface area contributed by atoms with Crippen molar-refractivity contribution >= 4 is 21.9 Å². The van der Waals surface area contributed by atoms with Gasteiger partial charge in [-0.1, -0.05) is 0 Å². The van der Waals surface area contributed by atoms with Crippen LogP contribution in [0.25, 0.3) is 0 Å². The summed E-state index contributed by atoms with van der Waals surface area (Å²) in [5.74, 6) is -5.43. The molecule has 1 aliphatic heterocycles. The molecule has 10 heteroatoms. The van der Waals surface area contributed by atoms with Crippen LogP contribution >= 0.6 is 0 Å². The van der Waals surface area contributed by atoms with E-state index in [1.54, 1.807) is 6.92 Å². The Morgan fingerprint density at radius 3 is 2.48 bits per heavy atom. The number of amides is 1. The quantitative estimate of drug-likeness (QED) is 0.790. The summed E-state index contributed by atoms with van der Waals surface area (Å²) in [5, 5.41) is 0. The van der Waals surface area contributed by atoms with Crippen LogP contribution in [-0.4, -0.2) is 44.3 Å². The Hall–Kier alpha value is -2.07. The van der Waals surface area contributed by atoms with Crippen molar-refractivity contribution < 1.29 is 31.5 Å². The van der Waals surface area contributed by atoms with Crippen molar-refractivity contribution in [3.63, 3.8) is 0 Å². The summed E-state index contributed by atoms with van der Waals surface area (Å²) in [6, 6.07) is 0.918. The highest BCUT2D eigenvalue weighted by atomic mass is 32.2. The number of benzene rings is 1. The number of sulfonamides is 1. The average Bonchev–Trinajstić information content (AvgIpc) is 2.54. The lowest BCUT2D eigenvalue weighted by Gasteiger charge is -2.35. The number of hydrogen-bond acceptors (Lipinski definition) is 5. The SMILES string of the molecule is COC(=O)c1c(F)ccc(S(=O)(=O)N2CC(C(N)=O)CCC2C)c1F. The molecule has 1 aromatic carbocycles. The van der Waals surface area contributed by atoms with Crippen LogP contribution in [0.2, 0.25) is 0 Å². The van der Waals surface area contributed by atoms with Crippen molar-refractivity contribution in [1.82, 2.24) is 4.31 Å². The van der Waals surface area contributed by atoms with Gasteiger partial charge in [-0.3, -0.25) is 4.79 Å². The van der Waals surface area contributed by atoms with Crippen LogP contribution in [0, 0.1) is 17.6 Å². The van der Waals surface area contributed by atoms with Gasteiger partial charge in [-0.2, -0.15) is 4.31 Å². The number of carbonyl (C=O) groups is 2. The number of methoxy groups -OCH3 is 1. The molecular weight excluding hydrogens is 358 g/mol. The maximum atomic E-state index is 14.6. The zero-order valence-corrected chi connectivity index (χ0v) is 14.5. The lowest BCUT2D eigenvalue weighted by atomic mass is 9.95. The lowest BCUT2D eigenvalue weighted by Crippen LogP contribution is -2.48. The third-order valence-corrected chi connectivity index (χ3v) is 6.26. The molecule has 1 saturated heterocycles. The van der Waals surface area contributed by atoms with Gasteiger partial charge in [-0.25, -0.2) is 22.0 Å². The van der Waals surface area contributed by atoms with Crippen LogP contribution in [0.4, 0.5) is 8.78 Å². The van der Waals surface area contributed by atoms with Crippen molar-refractivity contribution in [1.29, 1.82) is 0 Å². The summed E-state index contributed by atoms with van der Waals surface area (Å²) in [6.07, 6.45) is 0.779. The third kappa shape index (κ3) is 3.49. The summed E-state index contributed by atoms with van der Waals surface area (Å²) in [4.78, 5) is 22.1. The number of primary amides is 1. The van der Waals surface area contributed by atoms with Gasteiger partial charge in [-0.05, 0) is 31.9 Å². The van der Waals surface area contributed by atoms with E-state index in [-0.39, 0.29) is 6.54 Å². The largest absolute Gasteiger partial charge is 0.465 e. The topological polar surface area (TPSA) is 107 Å². The van der Waals surface area contributed by atoms with Crippen LogP contribution in [0.1, 0.15) is 30.1 Å². The highest BCUT2D eigenvalue weighted by Gasteiger charge is 2.39. The minimum atomic E-state index is -4.41. The van der Waals surface area contributed by atoms with Gasteiger partial charge in [0.1, 0.15) is 16.3 Å². The van der Waals surface area contributed by atoms with Crippen LogP contribution in [-0.2, 0) is 19.6 Å². The van der Waals surface area contributed by atoms with Crippen molar-refractivity contribution in [3.05, 3.63) is 29.3 Å². The predicted octanol–water partition coefficient (Wildman–Crippen LogP) is 1.03. The number of piperidine rings is 1. The first-order chi connectivity index (χ1) is 11.6. The molecule has 0 bridgehead atoms. The second-order valence-electron chi connectivity index (χ2n) is 5.83. The number of esters is 1. The molecule has 1 aromatic rings. The van der Waals surface area contributed by atoms with E-state index in [4.69, 9.17) is 5.73 Å². The molecular formula is C15H18F2N2O5S. The van der Waals surface area contributed by atoms with Gasteiger partial charge in [0.15, 0.2) is 5.82 Å². The Morgan fingerprint density at radius 1 is 1.28 bits per heavy atom. The summed E-state index contributed by atoms with van der Waals surface area (Å²) < 4.78 is 59.2. The molecule has 25 heavy (non-hydrogen) atoms. The number of hydrogen-bond donors (Lipinski definition) is 1. The summed E-state index contributed by atoms with van der Waals surface area (Å²) >= 11 is 0. The number of rotatable bonds is 4. The van der Waals surface area contributed by atoms with E-state index in [1.807, 2.05) is 0 Å². The van der Waals surface area contributed by atoms with Crippen molar-refractivity contribution in [2.24, 2.45) is 11.7 Å². The van der Waals surface area contributed by atoms with E-state index in [1.165, 1.54) is 0 Å². The number of carbonyl (C=O) groups excluding carboxylic acids is 2. The Kier molecular flexibility index (Phi) is 5.43. The van der Waals surface area contributed by atoms with Gasteiger partial charge < -0.3 is 10.5 Å². The zero-order valence-electron chi connectivity index (χ0n) is 13.7. The molecule has 0 radical (unpaired) electrons. The summed E-state index contributed by atoms with van der Waals surface area (Å²) in [5.41, 5.74) is 4.16. The van der Waals surface area contributed by atoms with Gasteiger partial charge in [0.05, 0.1) is 13.0 Å². The second kappa shape index (κ2) is 7.04. The molecule has 138 valence electrons. The molecule has 0 saturated carbocycles. The van der Waals surface area contributed by atoms with E-state index >= 15 is 0 Å². The average molecular weight is 376 g/mol. The number of ether oxygens (including phenoxy) is 1. The summed E-state index contributed by atoms with van der Waals surface area (Å²) in [6.45, 7) is 1.40. The highest BCUT2D eigenvalue weighted by Crippen LogP contribution is 2.30. The second-order valence-corrected chi connectivity index (χ2v) is 7.69. The molecule has 1 aliphatic rings. The third-order valence-electron chi connectivity index (χ3n) is 4.26. The molecule has 7 nitrogen and oxygen atoms in total. The summed E-state index contributed by atoms with van der Waals surface area (Å²) in [7, 11) is -3.49. The molecule has 0 aromatic heterocycles. The van der Waals surface area contributed by atoms with E-state index in [0.29, 0.717) is 18.9 Å². The maximum Gasteiger partial charge on any atom is 0.343 e.